The van der Waals surface area contributed by atoms with Crippen LogP contribution in [0.15, 0.2) is 42.5 Å². The van der Waals surface area contributed by atoms with Crippen LogP contribution < -0.4 is 10.6 Å². The lowest BCUT2D eigenvalue weighted by molar-refractivity contribution is -0.115. The molecule has 0 aliphatic carbocycles. The van der Waals surface area contributed by atoms with Gasteiger partial charge in [0.05, 0.1) is 15.7 Å². The van der Waals surface area contributed by atoms with Gasteiger partial charge >= 0.3 is 0 Å². The molecular weight excluding hydrogens is 307 g/mol. The summed E-state index contributed by atoms with van der Waals surface area (Å²) in [5.41, 5.74) is 2.63. The van der Waals surface area contributed by atoms with E-state index in [4.69, 9.17) is 23.2 Å². The van der Waals surface area contributed by atoms with Crippen LogP contribution in [0.25, 0.3) is 0 Å². The molecule has 0 aromatic heterocycles. The van der Waals surface area contributed by atoms with Gasteiger partial charge in [-0.3, -0.25) is 4.79 Å². The molecule has 5 heteroatoms. The molecule has 2 rings (SSSR count). The third-order valence-corrected chi connectivity index (χ3v) is 3.56. The SMILES string of the molecule is Cc1cccc(NCCC(=O)Nc2c(Cl)cccc2Cl)c1. The first-order valence-electron chi connectivity index (χ1n) is 6.60. The molecule has 21 heavy (non-hydrogen) atoms. The molecule has 2 aromatic rings. The Hall–Kier alpha value is -1.71. The summed E-state index contributed by atoms with van der Waals surface area (Å²) in [7, 11) is 0. The molecule has 2 N–H and O–H groups in total. The topological polar surface area (TPSA) is 41.1 Å². The fraction of sp³-hybridized carbons (Fsp3) is 0.188. The lowest BCUT2D eigenvalue weighted by Gasteiger charge is -2.10. The molecule has 0 heterocycles. The highest BCUT2D eigenvalue weighted by Gasteiger charge is 2.09. The number of para-hydroxylation sites is 1. The van der Waals surface area contributed by atoms with Gasteiger partial charge in [0, 0.05) is 18.7 Å². The van der Waals surface area contributed by atoms with Crippen LogP contribution in [-0.2, 0) is 4.79 Å². The number of rotatable bonds is 5. The summed E-state index contributed by atoms with van der Waals surface area (Å²) in [5.74, 6) is -0.134. The average Bonchev–Trinajstić information content (AvgIpc) is 2.43. The Morgan fingerprint density at radius 1 is 1.10 bits per heavy atom. The number of hydrogen-bond acceptors (Lipinski definition) is 2. The van der Waals surface area contributed by atoms with E-state index >= 15 is 0 Å². The molecule has 0 fully saturated rings. The number of carbonyl (C=O) groups is 1. The first-order chi connectivity index (χ1) is 10.1. The van der Waals surface area contributed by atoms with Gasteiger partial charge in [-0.15, -0.1) is 0 Å². The molecular formula is C16H16Cl2N2O. The Morgan fingerprint density at radius 2 is 1.76 bits per heavy atom. The molecule has 0 aliphatic rings. The van der Waals surface area contributed by atoms with Gasteiger partial charge < -0.3 is 10.6 Å². The van der Waals surface area contributed by atoms with Gasteiger partial charge in [-0.1, -0.05) is 41.4 Å². The predicted octanol–water partition coefficient (Wildman–Crippen LogP) is 4.74. The van der Waals surface area contributed by atoms with Crippen molar-refractivity contribution < 1.29 is 4.79 Å². The van der Waals surface area contributed by atoms with Crippen LogP contribution in [0.3, 0.4) is 0 Å². The number of amides is 1. The van der Waals surface area contributed by atoms with Gasteiger partial charge in [0.25, 0.3) is 0 Å². The van der Waals surface area contributed by atoms with E-state index < -0.39 is 0 Å². The zero-order valence-electron chi connectivity index (χ0n) is 11.6. The molecule has 0 aliphatic heterocycles. The minimum Gasteiger partial charge on any atom is -0.385 e. The fourth-order valence-electron chi connectivity index (χ4n) is 1.89. The molecule has 0 radical (unpaired) electrons. The van der Waals surface area contributed by atoms with Crippen molar-refractivity contribution in [1.82, 2.24) is 0 Å². The molecule has 0 saturated heterocycles. The maximum Gasteiger partial charge on any atom is 0.226 e. The third kappa shape index (κ3) is 4.66. The van der Waals surface area contributed by atoms with Crippen molar-refractivity contribution in [3.8, 4) is 0 Å². The van der Waals surface area contributed by atoms with E-state index in [9.17, 15) is 4.79 Å². The van der Waals surface area contributed by atoms with Crippen LogP contribution >= 0.6 is 23.2 Å². The second-order valence-electron chi connectivity index (χ2n) is 4.69. The first-order valence-corrected chi connectivity index (χ1v) is 7.36. The summed E-state index contributed by atoms with van der Waals surface area (Å²) >= 11 is 12.0. The van der Waals surface area contributed by atoms with Gasteiger partial charge in [-0.05, 0) is 36.8 Å². The maximum absolute atomic E-state index is 11.9. The number of anilines is 2. The largest absolute Gasteiger partial charge is 0.385 e. The quantitative estimate of drug-likeness (QED) is 0.834. The zero-order chi connectivity index (χ0) is 15.2. The van der Waals surface area contributed by atoms with Crippen LogP contribution in [0.2, 0.25) is 10.0 Å². The molecule has 0 spiro atoms. The number of hydrogen-bond donors (Lipinski definition) is 2. The number of carbonyl (C=O) groups excluding carboxylic acids is 1. The molecule has 1 amide bonds. The van der Waals surface area contributed by atoms with Crippen molar-refractivity contribution in [1.29, 1.82) is 0 Å². The summed E-state index contributed by atoms with van der Waals surface area (Å²) < 4.78 is 0. The molecule has 0 bridgehead atoms. The van der Waals surface area contributed by atoms with Crippen molar-refractivity contribution in [2.24, 2.45) is 0 Å². The van der Waals surface area contributed by atoms with Crippen LogP contribution in [0.1, 0.15) is 12.0 Å². The van der Waals surface area contributed by atoms with Crippen LogP contribution in [0, 0.1) is 6.92 Å². The lowest BCUT2D eigenvalue weighted by atomic mass is 10.2. The fourth-order valence-corrected chi connectivity index (χ4v) is 2.39. The Bertz CT molecular complexity index is 624. The summed E-state index contributed by atoms with van der Waals surface area (Å²) in [4.78, 5) is 11.9. The van der Waals surface area contributed by atoms with Crippen molar-refractivity contribution in [2.45, 2.75) is 13.3 Å². The van der Waals surface area contributed by atoms with E-state index in [-0.39, 0.29) is 5.91 Å². The van der Waals surface area contributed by atoms with Crippen LogP contribution in [-0.4, -0.2) is 12.5 Å². The molecule has 0 atom stereocenters. The molecule has 2 aromatic carbocycles. The van der Waals surface area contributed by atoms with E-state index in [1.807, 2.05) is 31.2 Å². The number of nitrogens with one attached hydrogen (secondary N) is 2. The van der Waals surface area contributed by atoms with E-state index in [2.05, 4.69) is 10.6 Å². The second kappa shape index (κ2) is 7.34. The van der Waals surface area contributed by atoms with Gasteiger partial charge in [-0.25, -0.2) is 0 Å². The van der Waals surface area contributed by atoms with Crippen molar-refractivity contribution in [2.75, 3.05) is 17.2 Å². The van der Waals surface area contributed by atoms with E-state index in [1.54, 1.807) is 18.2 Å². The summed E-state index contributed by atoms with van der Waals surface area (Å²) in [6.07, 6.45) is 0.329. The minimum absolute atomic E-state index is 0.134. The van der Waals surface area contributed by atoms with E-state index in [1.165, 1.54) is 5.56 Å². The zero-order valence-corrected chi connectivity index (χ0v) is 13.1. The van der Waals surface area contributed by atoms with Gasteiger partial charge in [0.1, 0.15) is 0 Å². The number of aryl methyl sites for hydroxylation is 1. The number of halogens is 2. The smallest absolute Gasteiger partial charge is 0.226 e. The van der Waals surface area contributed by atoms with Crippen molar-refractivity contribution >= 4 is 40.5 Å². The average molecular weight is 323 g/mol. The van der Waals surface area contributed by atoms with E-state index in [0.29, 0.717) is 28.7 Å². The first kappa shape index (κ1) is 15.7. The highest BCUT2D eigenvalue weighted by atomic mass is 35.5. The van der Waals surface area contributed by atoms with Gasteiger partial charge in [0.2, 0.25) is 5.91 Å². The molecule has 3 nitrogen and oxygen atoms in total. The lowest BCUT2D eigenvalue weighted by Crippen LogP contribution is -2.16. The Labute approximate surface area is 134 Å². The Morgan fingerprint density at radius 3 is 2.43 bits per heavy atom. The van der Waals surface area contributed by atoms with Gasteiger partial charge in [0.15, 0.2) is 0 Å². The third-order valence-electron chi connectivity index (χ3n) is 2.93. The second-order valence-corrected chi connectivity index (χ2v) is 5.51. The molecule has 0 saturated carbocycles. The Balaban J connectivity index is 1.85. The molecule has 110 valence electrons. The van der Waals surface area contributed by atoms with Crippen LogP contribution in [0.5, 0.6) is 0 Å². The minimum atomic E-state index is -0.134. The highest BCUT2D eigenvalue weighted by Crippen LogP contribution is 2.29. The monoisotopic (exact) mass is 322 g/mol. The van der Waals surface area contributed by atoms with Crippen molar-refractivity contribution in [3.63, 3.8) is 0 Å². The highest BCUT2D eigenvalue weighted by molar-refractivity contribution is 6.39. The summed E-state index contributed by atoms with van der Waals surface area (Å²) in [5, 5.41) is 6.80. The predicted molar refractivity (Wildman–Crippen MR) is 89.4 cm³/mol. The normalized spacial score (nSPS) is 10.2. The number of benzene rings is 2. The van der Waals surface area contributed by atoms with E-state index in [0.717, 1.165) is 5.69 Å². The maximum atomic E-state index is 11.9. The van der Waals surface area contributed by atoms with Crippen LogP contribution in [0.4, 0.5) is 11.4 Å². The molecule has 0 unspecified atom stereocenters. The van der Waals surface area contributed by atoms with Crippen molar-refractivity contribution in [3.05, 3.63) is 58.1 Å². The summed E-state index contributed by atoms with van der Waals surface area (Å²) in [6.45, 7) is 2.56. The van der Waals surface area contributed by atoms with Gasteiger partial charge in [-0.2, -0.15) is 0 Å². The summed E-state index contributed by atoms with van der Waals surface area (Å²) in [6, 6.07) is 13.1. The Kier molecular flexibility index (Phi) is 5.48. The standard InChI is InChI=1S/C16H16Cl2N2O/c1-11-4-2-5-12(10-11)19-9-8-15(21)20-16-13(17)6-3-7-14(16)18/h2-7,10,19H,8-9H2,1H3,(H,20,21).